The number of pyridine rings is 1. The van der Waals surface area contributed by atoms with E-state index in [1.54, 1.807) is 24.3 Å². The summed E-state index contributed by atoms with van der Waals surface area (Å²) in [6, 6.07) is 12.7. The molecule has 0 atom stereocenters. The van der Waals surface area contributed by atoms with Gasteiger partial charge in [-0.15, -0.1) is 0 Å². The number of H-pyrrole nitrogens is 1. The van der Waals surface area contributed by atoms with Crippen LogP contribution in [0.1, 0.15) is 37.4 Å². The van der Waals surface area contributed by atoms with Gasteiger partial charge in [-0.05, 0) is 42.0 Å². The molecule has 3 aromatic rings. The normalized spacial score (nSPS) is 10.5. The van der Waals surface area contributed by atoms with Crippen LogP contribution in [-0.2, 0) is 6.42 Å². The number of aromatic nitrogens is 1. The second kappa shape index (κ2) is 8.52. The van der Waals surface area contributed by atoms with Crippen molar-refractivity contribution >= 4 is 11.8 Å². The Balaban J connectivity index is 2.12. The maximum absolute atomic E-state index is 13.0. The van der Waals surface area contributed by atoms with E-state index < -0.39 is 34.3 Å². The summed E-state index contributed by atoms with van der Waals surface area (Å²) in [6.07, 6.45) is -0.0515. The van der Waals surface area contributed by atoms with E-state index in [4.69, 9.17) is 9.47 Å². The van der Waals surface area contributed by atoms with E-state index in [0.717, 1.165) is 0 Å². The van der Waals surface area contributed by atoms with Crippen LogP contribution in [0.3, 0.4) is 0 Å². The predicted octanol–water partition coefficient (Wildman–Crippen LogP) is 2.62. The van der Waals surface area contributed by atoms with Gasteiger partial charge in [0.1, 0.15) is 11.5 Å². The molecule has 0 saturated carbocycles. The zero-order chi connectivity index (χ0) is 21.8. The van der Waals surface area contributed by atoms with Crippen molar-refractivity contribution in [2.75, 3.05) is 14.2 Å². The first-order chi connectivity index (χ1) is 14.3. The number of methoxy groups -OCH3 is 2. The molecule has 0 saturated heterocycles. The van der Waals surface area contributed by atoms with Crippen LogP contribution in [0, 0.1) is 0 Å². The number of nitrogens with one attached hydrogen (secondary N) is 1. The molecule has 0 radical (unpaired) electrons. The highest BCUT2D eigenvalue weighted by Gasteiger charge is 2.28. The number of aromatic amines is 1. The van der Waals surface area contributed by atoms with Crippen LogP contribution >= 0.6 is 0 Å². The first kappa shape index (κ1) is 20.7. The summed E-state index contributed by atoms with van der Waals surface area (Å²) in [7, 11) is 2.98. The second-order valence-electron chi connectivity index (χ2n) is 6.42. The minimum absolute atomic E-state index is 0.0515. The second-order valence-corrected chi connectivity index (χ2v) is 6.42. The van der Waals surface area contributed by atoms with Gasteiger partial charge in [-0.3, -0.25) is 14.6 Å². The Morgan fingerprint density at radius 1 is 0.900 bits per heavy atom. The number of aromatic carboxylic acids is 1. The largest absolute Gasteiger partial charge is 0.497 e. The number of ketones is 1. The third-order valence-electron chi connectivity index (χ3n) is 4.63. The number of hydrogen-bond donors (Lipinski definition) is 3. The van der Waals surface area contributed by atoms with Gasteiger partial charge in [-0.25, -0.2) is 4.79 Å². The van der Waals surface area contributed by atoms with E-state index in [9.17, 15) is 24.6 Å². The number of ether oxygens (including phenoxy) is 2. The Morgan fingerprint density at radius 2 is 1.43 bits per heavy atom. The van der Waals surface area contributed by atoms with Crippen LogP contribution < -0.4 is 15.0 Å². The molecule has 0 aliphatic carbocycles. The van der Waals surface area contributed by atoms with Crippen molar-refractivity contribution in [2.45, 2.75) is 6.42 Å². The van der Waals surface area contributed by atoms with Gasteiger partial charge < -0.3 is 19.7 Å². The molecule has 3 rings (SSSR count). The van der Waals surface area contributed by atoms with Crippen LogP contribution in [-0.4, -0.2) is 41.2 Å². The molecular weight excluding hydrogens is 390 g/mol. The molecule has 0 fully saturated rings. The molecule has 0 aliphatic heterocycles. The highest BCUT2D eigenvalue weighted by molar-refractivity contribution is 6.16. The van der Waals surface area contributed by atoms with Gasteiger partial charge in [0.05, 0.1) is 25.3 Å². The van der Waals surface area contributed by atoms with Crippen molar-refractivity contribution in [1.29, 1.82) is 0 Å². The fraction of sp³-hybridized carbons (Fsp3) is 0.136. The number of carbonyl (C=O) groups excluding carboxylic acids is 1. The Bertz CT molecular complexity index is 1150. The van der Waals surface area contributed by atoms with Gasteiger partial charge in [0.15, 0.2) is 5.78 Å². The van der Waals surface area contributed by atoms with Crippen molar-refractivity contribution in [2.24, 2.45) is 0 Å². The lowest BCUT2D eigenvalue weighted by molar-refractivity contribution is 0.0690. The Kier molecular flexibility index (Phi) is 5.87. The molecular formula is C22H19NO7. The maximum atomic E-state index is 13.0. The van der Waals surface area contributed by atoms with Crippen LogP contribution in [0.5, 0.6) is 17.4 Å². The van der Waals surface area contributed by atoms with E-state index in [1.807, 2.05) is 0 Å². The van der Waals surface area contributed by atoms with Gasteiger partial charge in [-0.1, -0.05) is 12.1 Å². The van der Waals surface area contributed by atoms with Crippen molar-refractivity contribution < 1.29 is 29.3 Å². The van der Waals surface area contributed by atoms with Crippen molar-refractivity contribution in [3.8, 4) is 17.4 Å². The van der Waals surface area contributed by atoms with Gasteiger partial charge in [-0.2, -0.15) is 0 Å². The van der Waals surface area contributed by atoms with Crippen molar-refractivity contribution in [3.63, 3.8) is 0 Å². The average Bonchev–Trinajstić information content (AvgIpc) is 2.75. The smallest absolute Gasteiger partial charge is 0.337 e. The van der Waals surface area contributed by atoms with Gasteiger partial charge in [0.25, 0.3) is 5.56 Å². The molecule has 2 aromatic carbocycles. The maximum Gasteiger partial charge on any atom is 0.337 e. The fourth-order valence-electron chi connectivity index (χ4n) is 3.09. The van der Waals surface area contributed by atoms with Crippen LogP contribution in [0.2, 0.25) is 0 Å². The van der Waals surface area contributed by atoms with Gasteiger partial charge in [0.2, 0.25) is 5.88 Å². The summed E-state index contributed by atoms with van der Waals surface area (Å²) in [6.45, 7) is 0. The topological polar surface area (TPSA) is 126 Å². The number of carboxylic acids is 1. The molecule has 0 unspecified atom stereocenters. The molecule has 1 aromatic heterocycles. The third kappa shape index (κ3) is 4.02. The molecule has 0 aliphatic rings. The average molecular weight is 409 g/mol. The predicted molar refractivity (Wildman–Crippen MR) is 108 cm³/mol. The first-order valence-corrected chi connectivity index (χ1v) is 8.88. The fourth-order valence-corrected chi connectivity index (χ4v) is 3.09. The minimum Gasteiger partial charge on any atom is -0.497 e. The summed E-state index contributed by atoms with van der Waals surface area (Å²) >= 11 is 0. The third-order valence-corrected chi connectivity index (χ3v) is 4.63. The standard InChI is InChI=1S/C22H19NO7/c1-29-14-7-3-12(4-8-14)11-16-17(22(27)28)18(21(26)23-20(16)25)19(24)13-5-9-15(30-2)10-6-13/h3-10H,11H2,1-2H3,(H,27,28)(H2,23,25,26). The first-order valence-electron chi connectivity index (χ1n) is 8.88. The van der Waals surface area contributed by atoms with Crippen LogP contribution in [0.4, 0.5) is 0 Å². The van der Waals surface area contributed by atoms with E-state index in [1.165, 1.54) is 38.5 Å². The molecule has 8 heteroatoms. The molecule has 3 N–H and O–H groups in total. The van der Waals surface area contributed by atoms with E-state index in [2.05, 4.69) is 4.98 Å². The minimum atomic E-state index is -1.49. The molecule has 0 bridgehead atoms. The monoisotopic (exact) mass is 409 g/mol. The molecule has 154 valence electrons. The van der Waals surface area contributed by atoms with E-state index in [0.29, 0.717) is 17.1 Å². The molecule has 30 heavy (non-hydrogen) atoms. The summed E-state index contributed by atoms with van der Waals surface area (Å²) in [5.41, 5.74) is -1.16. The van der Waals surface area contributed by atoms with Gasteiger partial charge >= 0.3 is 5.97 Å². The zero-order valence-corrected chi connectivity index (χ0v) is 16.3. The quantitative estimate of drug-likeness (QED) is 0.512. The Labute approximate surface area is 171 Å². The van der Waals surface area contributed by atoms with Crippen molar-refractivity contribution in [1.82, 2.24) is 4.98 Å². The highest BCUT2D eigenvalue weighted by atomic mass is 16.5. The zero-order valence-electron chi connectivity index (χ0n) is 16.3. The summed E-state index contributed by atoms with van der Waals surface area (Å²) in [5.74, 6) is -1.91. The molecule has 0 amide bonds. The SMILES string of the molecule is COc1ccc(Cc2c(C(=O)O)c(C(=O)c3ccc(OC)cc3)c(O)[nH]c2=O)cc1. The number of hydrogen-bond acceptors (Lipinski definition) is 6. The number of carbonyl (C=O) groups is 2. The summed E-state index contributed by atoms with van der Waals surface area (Å²) in [5, 5.41) is 20.0. The van der Waals surface area contributed by atoms with E-state index >= 15 is 0 Å². The highest BCUT2D eigenvalue weighted by Crippen LogP contribution is 2.26. The number of aromatic hydroxyl groups is 1. The summed E-state index contributed by atoms with van der Waals surface area (Å²) in [4.78, 5) is 39.6. The van der Waals surface area contributed by atoms with Crippen LogP contribution in [0.25, 0.3) is 0 Å². The molecule has 8 nitrogen and oxygen atoms in total. The lowest BCUT2D eigenvalue weighted by Crippen LogP contribution is -2.23. The number of carboxylic acid groups (broad SMARTS) is 1. The number of benzene rings is 2. The molecule has 1 heterocycles. The Morgan fingerprint density at radius 3 is 1.93 bits per heavy atom. The molecule has 0 spiro atoms. The van der Waals surface area contributed by atoms with E-state index in [-0.39, 0.29) is 17.5 Å². The van der Waals surface area contributed by atoms with Gasteiger partial charge in [0, 0.05) is 17.5 Å². The number of rotatable bonds is 7. The lowest BCUT2D eigenvalue weighted by Gasteiger charge is -2.13. The van der Waals surface area contributed by atoms with Crippen molar-refractivity contribution in [3.05, 3.63) is 86.7 Å². The van der Waals surface area contributed by atoms with Crippen LogP contribution in [0.15, 0.2) is 53.3 Å². The lowest BCUT2D eigenvalue weighted by atomic mass is 9.93. The Hall–Kier alpha value is -4.07. The summed E-state index contributed by atoms with van der Waals surface area (Å²) < 4.78 is 10.1.